The Morgan fingerprint density at radius 2 is 1.56 bits per heavy atom. The van der Waals surface area contributed by atoms with Crippen molar-refractivity contribution in [2.75, 3.05) is 6.61 Å². The summed E-state index contributed by atoms with van der Waals surface area (Å²) in [6, 6.07) is 16.8. The van der Waals surface area contributed by atoms with E-state index in [9.17, 15) is 14.7 Å². The van der Waals surface area contributed by atoms with Gasteiger partial charge in [-0.1, -0.05) is 60.7 Å². The van der Waals surface area contributed by atoms with Crippen molar-refractivity contribution in [3.8, 4) is 0 Å². The Morgan fingerprint density at radius 1 is 1.00 bits per heavy atom. The first-order chi connectivity index (χ1) is 12.1. The van der Waals surface area contributed by atoms with Crippen molar-refractivity contribution in [1.29, 1.82) is 0 Å². The van der Waals surface area contributed by atoms with Gasteiger partial charge in [0, 0.05) is 0 Å². The lowest BCUT2D eigenvalue weighted by atomic mass is 10.1. The molecule has 6 nitrogen and oxygen atoms in total. The Morgan fingerprint density at radius 3 is 2.12 bits per heavy atom. The summed E-state index contributed by atoms with van der Waals surface area (Å²) in [6.45, 7) is 0.143. The number of nitrogens with two attached hydrogens (primary N) is 1. The zero-order valence-corrected chi connectivity index (χ0v) is 13.8. The summed E-state index contributed by atoms with van der Waals surface area (Å²) in [6.07, 6.45) is 0.337. The van der Waals surface area contributed by atoms with Gasteiger partial charge in [0.2, 0.25) is 5.91 Å². The molecule has 0 bridgehead atoms. The summed E-state index contributed by atoms with van der Waals surface area (Å²) < 4.78 is 5.41. The van der Waals surface area contributed by atoms with E-state index in [0.29, 0.717) is 6.42 Å². The third-order valence-corrected chi connectivity index (χ3v) is 3.65. The van der Waals surface area contributed by atoms with Crippen LogP contribution in [0.1, 0.15) is 11.1 Å². The average Bonchev–Trinajstić information content (AvgIpc) is 2.62. The van der Waals surface area contributed by atoms with Gasteiger partial charge in [0.25, 0.3) is 0 Å². The molecule has 2 aromatic carbocycles. The van der Waals surface area contributed by atoms with E-state index >= 15 is 0 Å². The molecule has 6 heteroatoms. The van der Waals surface area contributed by atoms with E-state index in [0.717, 1.165) is 11.1 Å². The van der Waals surface area contributed by atoms with E-state index in [2.05, 4.69) is 5.32 Å². The van der Waals surface area contributed by atoms with Gasteiger partial charge in [-0.2, -0.15) is 0 Å². The van der Waals surface area contributed by atoms with Crippen molar-refractivity contribution >= 4 is 11.9 Å². The van der Waals surface area contributed by atoms with Crippen LogP contribution in [0.5, 0.6) is 0 Å². The smallest absolute Gasteiger partial charge is 0.328 e. The molecule has 4 N–H and O–H groups in total. The van der Waals surface area contributed by atoms with Crippen LogP contribution in [0.15, 0.2) is 60.7 Å². The molecule has 2 atom stereocenters. The highest BCUT2D eigenvalue weighted by Crippen LogP contribution is 2.03. The normalized spacial score (nSPS) is 13.0. The van der Waals surface area contributed by atoms with Crippen LogP contribution in [0, 0.1) is 0 Å². The number of carbonyl (C=O) groups is 2. The quantitative estimate of drug-likeness (QED) is 0.638. The molecule has 0 spiro atoms. The summed E-state index contributed by atoms with van der Waals surface area (Å²) in [5, 5.41) is 11.7. The average molecular weight is 342 g/mol. The molecule has 2 aromatic rings. The monoisotopic (exact) mass is 342 g/mol. The van der Waals surface area contributed by atoms with E-state index in [-0.39, 0.29) is 13.2 Å². The van der Waals surface area contributed by atoms with Crippen LogP contribution in [0.3, 0.4) is 0 Å². The lowest BCUT2D eigenvalue weighted by Crippen LogP contribution is -2.51. The highest BCUT2D eigenvalue weighted by atomic mass is 16.5. The molecule has 0 aliphatic heterocycles. The van der Waals surface area contributed by atoms with E-state index in [1.165, 1.54) is 0 Å². The molecule has 132 valence electrons. The highest BCUT2D eigenvalue weighted by Gasteiger charge is 2.23. The van der Waals surface area contributed by atoms with Gasteiger partial charge < -0.3 is 20.9 Å². The predicted octanol–water partition coefficient (Wildman–Crippen LogP) is 1.34. The first-order valence-corrected chi connectivity index (χ1v) is 8.00. The number of benzene rings is 2. The SMILES string of the molecule is N[C@H](Cc1ccccc1)C(=O)N[C@@H](COCc1ccccc1)C(=O)O. The third kappa shape index (κ3) is 6.37. The predicted molar refractivity (Wildman–Crippen MR) is 93.8 cm³/mol. The topological polar surface area (TPSA) is 102 Å². The van der Waals surface area contributed by atoms with Crippen molar-refractivity contribution in [2.45, 2.75) is 25.1 Å². The lowest BCUT2D eigenvalue weighted by Gasteiger charge is -2.18. The van der Waals surface area contributed by atoms with Gasteiger partial charge in [0.1, 0.15) is 0 Å². The fourth-order valence-corrected chi connectivity index (χ4v) is 2.28. The van der Waals surface area contributed by atoms with E-state index in [4.69, 9.17) is 10.5 Å². The minimum Gasteiger partial charge on any atom is -0.480 e. The third-order valence-electron chi connectivity index (χ3n) is 3.65. The Balaban J connectivity index is 1.83. The number of rotatable bonds is 9. The number of ether oxygens (including phenoxy) is 1. The fourth-order valence-electron chi connectivity index (χ4n) is 2.28. The molecule has 0 unspecified atom stereocenters. The summed E-state index contributed by atoms with van der Waals surface area (Å²) in [4.78, 5) is 23.5. The van der Waals surface area contributed by atoms with Gasteiger partial charge >= 0.3 is 5.97 Å². The Labute approximate surface area is 146 Å². The van der Waals surface area contributed by atoms with Crippen molar-refractivity contribution in [3.05, 3.63) is 71.8 Å². The van der Waals surface area contributed by atoms with Crippen LogP contribution in [0.25, 0.3) is 0 Å². The number of amides is 1. The first kappa shape index (κ1) is 18.6. The minimum absolute atomic E-state index is 0.131. The second kappa shape index (κ2) is 9.56. The van der Waals surface area contributed by atoms with Crippen molar-refractivity contribution < 1.29 is 19.4 Å². The summed E-state index contributed by atoms with van der Waals surface area (Å²) >= 11 is 0. The number of carboxylic acid groups (broad SMARTS) is 1. The van der Waals surface area contributed by atoms with Gasteiger partial charge in [0.05, 0.1) is 19.3 Å². The molecule has 0 heterocycles. The van der Waals surface area contributed by atoms with Gasteiger partial charge in [-0.25, -0.2) is 4.79 Å². The van der Waals surface area contributed by atoms with E-state index in [1.54, 1.807) is 0 Å². The van der Waals surface area contributed by atoms with E-state index < -0.39 is 24.0 Å². The van der Waals surface area contributed by atoms with E-state index in [1.807, 2.05) is 60.7 Å². The molecule has 0 aliphatic rings. The number of carbonyl (C=O) groups excluding carboxylic acids is 1. The van der Waals surface area contributed by atoms with Crippen molar-refractivity contribution in [2.24, 2.45) is 5.73 Å². The summed E-state index contributed by atoms with van der Waals surface area (Å²) in [5.74, 6) is -1.67. The summed E-state index contributed by atoms with van der Waals surface area (Å²) in [5.41, 5.74) is 7.72. The molecule has 0 fully saturated rings. The van der Waals surface area contributed by atoms with Crippen LogP contribution >= 0.6 is 0 Å². The molecule has 0 aliphatic carbocycles. The second-order valence-corrected chi connectivity index (χ2v) is 5.70. The van der Waals surface area contributed by atoms with Crippen LogP contribution in [-0.2, 0) is 27.4 Å². The largest absolute Gasteiger partial charge is 0.480 e. The van der Waals surface area contributed by atoms with Gasteiger partial charge in [-0.05, 0) is 17.5 Å². The van der Waals surface area contributed by atoms with Crippen molar-refractivity contribution in [3.63, 3.8) is 0 Å². The molecule has 25 heavy (non-hydrogen) atoms. The number of aliphatic carboxylic acids is 1. The second-order valence-electron chi connectivity index (χ2n) is 5.70. The molecule has 0 radical (unpaired) electrons. The molecular weight excluding hydrogens is 320 g/mol. The zero-order chi connectivity index (χ0) is 18.1. The number of hydrogen-bond donors (Lipinski definition) is 3. The van der Waals surface area contributed by atoms with Crippen molar-refractivity contribution in [1.82, 2.24) is 5.32 Å². The van der Waals surface area contributed by atoms with Crippen LogP contribution in [0.2, 0.25) is 0 Å². The Bertz CT molecular complexity index is 676. The highest BCUT2D eigenvalue weighted by molar-refractivity contribution is 5.87. The standard InChI is InChI=1S/C19H22N2O4/c20-16(11-14-7-3-1-4-8-14)18(22)21-17(19(23)24)13-25-12-15-9-5-2-6-10-15/h1-10,16-17H,11-13,20H2,(H,21,22)(H,23,24)/t16-,17+/m1/s1. The number of nitrogens with one attached hydrogen (secondary N) is 1. The Hall–Kier alpha value is -2.70. The maximum atomic E-state index is 12.1. The molecular formula is C19H22N2O4. The number of carboxylic acids is 1. The molecule has 0 saturated carbocycles. The maximum Gasteiger partial charge on any atom is 0.328 e. The van der Waals surface area contributed by atoms with Crippen LogP contribution < -0.4 is 11.1 Å². The fraction of sp³-hybridized carbons (Fsp3) is 0.263. The molecule has 2 rings (SSSR count). The van der Waals surface area contributed by atoms with Crippen LogP contribution in [-0.4, -0.2) is 35.7 Å². The minimum atomic E-state index is -1.16. The summed E-state index contributed by atoms with van der Waals surface area (Å²) in [7, 11) is 0. The molecule has 1 amide bonds. The maximum absolute atomic E-state index is 12.1. The van der Waals surface area contributed by atoms with Crippen LogP contribution in [0.4, 0.5) is 0 Å². The van der Waals surface area contributed by atoms with Gasteiger partial charge in [0.15, 0.2) is 6.04 Å². The number of hydrogen-bond acceptors (Lipinski definition) is 4. The molecule has 0 saturated heterocycles. The lowest BCUT2D eigenvalue weighted by molar-refractivity contribution is -0.144. The Kier molecular flexibility index (Phi) is 7.13. The zero-order valence-electron chi connectivity index (χ0n) is 13.8. The van der Waals surface area contributed by atoms with Gasteiger partial charge in [-0.3, -0.25) is 4.79 Å². The molecule has 0 aromatic heterocycles. The first-order valence-electron chi connectivity index (χ1n) is 8.00. The van der Waals surface area contributed by atoms with Gasteiger partial charge in [-0.15, -0.1) is 0 Å².